The van der Waals surface area contributed by atoms with Crippen LogP contribution in [0.4, 0.5) is 0 Å². The lowest BCUT2D eigenvalue weighted by atomic mass is 10.0. The molecule has 0 aliphatic carbocycles. The van der Waals surface area contributed by atoms with Crippen molar-refractivity contribution in [3.63, 3.8) is 0 Å². The van der Waals surface area contributed by atoms with Crippen molar-refractivity contribution in [1.29, 1.82) is 0 Å². The lowest BCUT2D eigenvalue weighted by Gasteiger charge is -2.18. The van der Waals surface area contributed by atoms with Gasteiger partial charge in [-0.2, -0.15) is 0 Å². The van der Waals surface area contributed by atoms with Gasteiger partial charge in [-0.15, -0.1) is 0 Å². The number of ether oxygens (including phenoxy) is 1. The van der Waals surface area contributed by atoms with Crippen LogP contribution < -0.4 is 10.1 Å². The Labute approximate surface area is 201 Å². The van der Waals surface area contributed by atoms with Gasteiger partial charge >= 0.3 is 0 Å². The topological polar surface area (TPSA) is 54.7 Å². The third-order valence-corrected chi connectivity index (χ3v) is 5.53. The Balaban J connectivity index is 1.26. The maximum Gasteiger partial charge on any atom is 0.251 e. The number of nitrogens with zero attached hydrogens (tertiary/aromatic N) is 1. The number of amides is 1. The lowest BCUT2D eigenvalue weighted by Crippen LogP contribution is -2.33. The van der Waals surface area contributed by atoms with E-state index in [9.17, 15) is 4.79 Å². The highest BCUT2D eigenvalue weighted by Crippen LogP contribution is 2.20. The van der Waals surface area contributed by atoms with Crippen LogP contribution in [-0.2, 0) is 13.1 Å². The average molecular weight is 455 g/mol. The Bertz CT molecular complexity index is 1170. The van der Waals surface area contributed by atoms with Gasteiger partial charge in [0.1, 0.15) is 11.9 Å². The van der Waals surface area contributed by atoms with Crippen molar-refractivity contribution in [2.75, 3.05) is 13.6 Å². The molecule has 1 aromatic heterocycles. The van der Waals surface area contributed by atoms with E-state index < -0.39 is 0 Å². The highest BCUT2D eigenvalue weighted by atomic mass is 16.5. The first-order valence-corrected chi connectivity index (χ1v) is 11.5. The van der Waals surface area contributed by atoms with Crippen LogP contribution in [0.2, 0.25) is 0 Å². The lowest BCUT2D eigenvalue weighted by molar-refractivity contribution is 0.0932. The second-order valence-electron chi connectivity index (χ2n) is 8.53. The maximum atomic E-state index is 12.6. The second-order valence-corrected chi connectivity index (χ2v) is 8.53. The maximum absolute atomic E-state index is 12.6. The predicted octanol–water partition coefficient (Wildman–Crippen LogP) is 5.78. The molecule has 4 aromatic rings. The molecule has 0 fully saturated rings. The number of carbonyl (C=O) groups is 1. The normalized spacial score (nSPS) is 11.9. The molecule has 0 saturated heterocycles. The van der Waals surface area contributed by atoms with Gasteiger partial charge in [0, 0.05) is 24.2 Å². The molecule has 0 spiro atoms. The van der Waals surface area contributed by atoms with Gasteiger partial charge in [0.05, 0.1) is 19.1 Å². The van der Waals surface area contributed by atoms with Crippen LogP contribution in [0, 0.1) is 0 Å². The molecule has 5 heteroatoms. The summed E-state index contributed by atoms with van der Waals surface area (Å²) in [6.45, 7) is 3.99. The van der Waals surface area contributed by atoms with Gasteiger partial charge < -0.3 is 14.5 Å². The smallest absolute Gasteiger partial charge is 0.251 e. The van der Waals surface area contributed by atoms with Gasteiger partial charge in [0.25, 0.3) is 5.91 Å². The van der Waals surface area contributed by atoms with Crippen LogP contribution in [0.5, 0.6) is 5.75 Å². The fourth-order valence-electron chi connectivity index (χ4n) is 3.84. The predicted molar refractivity (Wildman–Crippen MR) is 135 cm³/mol. The number of benzene rings is 3. The Morgan fingerprint density at radius 1 is 0.912 bits per heavy atom. The molecule has 174 valence electrons. The van der Waals surface area contributed by atoms with E-state index in [0.29, 0.717) is 12.1 Å². The largest absolute Gasteiger partial charge is 0.489 e. The minimum atomic E-state index is -0.161. The number of nitrogens with one attached hydrogen (secondary N) is 1. The highest BCUT2D eigenvalue weighted by Gasteiger charge is 2.10. The molecular formula is C29H30N2O3. The third kappa shape index (κ3) is 6.59. The van der Waals surface area contributed by atoms with Gasteiger partial charge in [-0.05, 0) is 61.0 Å². The van der Waals surface area contributed by atoms with E-state index in [2.05, 4.69) is 35.5 Å². The van der Waals surface area contributed by atoms with Gasteiger partial charge in [-0.3, -0.25) is 9.69 Å². The van der Waals surface area contributed by atoms with E-state index in [0.717, 1.165) is 35.5 Å². The van der Waals surface area contributed by atoms with E-state index in [1.165, 1.54) is 5.56 Å². The summed E-state index contributed by atoms with van der Waals surface area (Å²) in [5, 5.41) is 2.97. The van der Waals surface area contributed by atoms with Gasteiger partial charge in [0.2, 0.25) is 0 Å². The van der Waals surface area contributed by atoms with Gasteiger partial charge in [-0.1, -0.05) is 54.6 Å². The highest BCUT2D eigenvalue weighted by molar-refractivity contribution is 5.94. The number of furan rings is 1. The van der Waals surface area contributed by atoms with E-state index in [1.807, 2.05) is 73.7 Å². The molecule has 5 nitrogen and oxygen atoms in total. The minimum absolute atomic E-state index is 0.107. The van der Waals surface area contributed by atoms with Gasteiger partial charge in [0.15, 0.2) is 0 Å². The van der Waals surface area contributed by atoms with Crippen LogP contribution in [0.1, 0.15) is 28.4 Å². The second kappa shape index (κ2) is 11.3. The fraction of sp³-hybridized carbons (Fsp3) is 0.207. The Morgan fingerprint density at radius 3 is 2.38 bits per heavy atom. The van der Waals surface area contributed by atoms with Crippen LogP contribution in [0.25, 0.3) is 11.1 Å². The summed E-state index contributed by atoms with van der Waals surface area (Å²) < 4.78 is 11.2. The van der Waals surface area contributed by atoms with E-state index >= 15 is 0 Å². The zero-order valence-corrected chi connectivity index (χ0v) is 19.6. The van der Waals surface area contributed by atoms with Crippen molar-refractivity contribution in [2.24, 2.45) is 0 Å². The number of hydrogen-bond acceptors (Lipinski definition) is 4. The molecular weight excluding hydrogens is 424 g/mol. The first-order valence-electron chi connectivity index (χ1n) is 11.5. The van der Waals surface area contributed by atoms with Crippen molar-refractivity contribution in [1.82, 2.24) is 10.2 Å². The van der Waals surface area contributed by atoms with Crippen LogP contribution in [0.15, 0.2) is 102 Å². The molecule has 0 radical (unpaired) electrons. The zero-order chi connectivity index (χ0) is 23.8. The first-order chi connectivity index (χ1) is 16.6. The standard InChI is InChI=1S/C29H30N2O3/c1-22(18-30-29(32)27-13-11-26(12-14-27)25-8-4-3-5-9-25)34-28-10-6-7-23(17-28)19-31(2)20-24-15-16-33-21-24/h3-17,21-22H,18-20H2,1-2H3,(H,30,32)/t22-/m0/s1. The van der Waals surface area contributed by atoms with E-state index in [1.54, 1.807) is 12.5 Å². The Kier molecular flexibility index (Phi) is 7.79. The molecule has 3 aromatic carbocycles. The number of hydrogen-bond donors (Lipinski definition) is 1. The summed E-state index contributed by atoms with van der Waals surface area (Å²) >= 11 is 0. The molecule has 0 bridgehead atoms. The molecule has 4 rings (SSSR count). The molecule has 34 heavy (non-hydrogen) atoms. The molecule has 0 unspecified atom stereocenters. The number of rotatable bonds is 10. The van der Waals surface area contributed by atoms with Crippen molar-refractivity contribution in [3.05, 3.63) is 114 Å². The third-order valence-electron chi connectivity index (χ3n) is 5.53. The van der Waals surface area contributed by atoms with Crippen LogP contribution in [-0.4, -0.2) is 30.5 Å². The van der Waals surface area contributed by atoms with Crippen LogP contribution >= 0.6 is 0 Å². The van der Waals surface area contributed by atoms with Crippen molar-refractivity contribution < 1.29 is 13.9 Å². The minimum Gasteiger partial charge on any atom is -0.489 e. The average Bonchev–Trinajstić information content (AvgIpc) is 3.36. The summed E-state index contributed by atoms with van der Waals surface area (Å²) in [6.07, 6.45) is 3.30. The quantitative estimate of drug-likeness (QED) is 0.330. The summed E-state index contributed by atoms with van der Waals surface area (Å²) in [7, 11) is 2.07. The summed E-state index contributed by atoms with van der Waals surface area (Å²) in [6, 6.07) is 27.8. The van der Waals surface area contributed by atoms with E-state index in [-0.39, 0.29) is 12.0 Å². The summed E-state index contributed by atoms with van der Waals surface area (Å²) in [4.78, 5) is 14.8. The monoisotopic (exact) mass is 454 g/mol. The van der Waals surface area contributed by atoms with Gasteiger partial charge in [-0.25, -0.2) is 0 Å². The Hall–Kier alpha value is -3.83. The first kappa shape index (κ1) is 23.3. The molecule has 1 heterocycles. The van der Waals surface area contributed by atoms with Crippen molar-refractivity contribution in [3.8, 4) is 16.9 Å². The van der Waals surface area contributed by atoms with Crippen molar-refractivity contribution in [2.45, 2.75) is 26.1 Å². The molecule has 1 N–H and O–H groups in total. The summed E-state index contributed by atoms with van der Waals surface area (Å²) in [5.41, 5.74) is 5.16. The Morgan fingerprint density at radius 2 is 1.65 bits per heavy atom. The number of carbonyl (C=O) groups excluding carboxylic acids is 1. The molecule has 0 saturated carbocycles. The fourth-order valence-corrected chi connectivity index (χ4v) is 3.84. The zero-order valence-electron chi connectivity index (χ0n) is 19.6. The van der Waals surface area contributed by atoms with Crippen LogP contribution in [0.3, 0.4) is 0 Å². The SMILES string of the molecule is C[C@@H](CNC(=O)c1ccc(-c2ccccc2)cc1)Oc1cccc(CN(C)Cc2ccoc2)c1. The van der Waals surface area contributed by atoms with E-state index in [4.69, 9.17) is 9.15 Å². The molecule has 1 atom stereocenters. The molecule has 0 aliphatic heterocycles. The molecule has 1 amide bonds. The van der Waals surface area contributed by atoms with Crippen molar-refractivity contribution >= 4 is 5.91 Å². The molecule has 0 aliphatic rings. The summed E-state index contributed by atoms with van der Waals surface area (Å²) in [5.74, 6) is 0.688.